The molecule has 0 radical (unpaired) electrons. The molecule has 0 amide bonds. The number of aromatic carboxylic acids is 1. The number of rotatable bonds is 1. The van der Waals surface area contributed by atoms with Crippen molar-refractivity contribution >= 4 is 49.2 Å². The van der Waals surface area contributed by atoms with Crippen LogP contribution in [0.3, 0.4) is 0 Å². The maximum atomic E-state index is 10.3. The molecule has 2 nitrogen and oxygen atoms in total. The van der Waals surface area contributed by atoms with Crippen LogP contribution >= 0.6 is 43.2 Å². The lowest BCUT2D eigenvalue weighted by molar-refractivity contribution is -0.254. The Labute approximate surface area is 78.1 Å². The van der Waals surface area contributed by atoms with Crippen molar-refractivity contribution in [1.82, 2.24) is 0 Å². The summed E-state index contributed by atoms with van der Waals surface area (Å²) >= 11 is 7.36. The third-order valence-corrected chi connectivity index (χ3v) is 3.35. The number of carboxylic acids is 1. The zero-order valence-electron chi connectivity index (χ0n) is 4.56. The predicted molar refractivity (Wildman–Crippen MR) is 44.0 cm³/mol. The first kappa shape index (κ1) is 8.23. The Kier molecular flexibility index (Phi) is 2.49. The van der Waals surface area contributed by atoms with E-state index in [0.717, 1.165) is 15.1 Å². The quantitative estimate of drug-likeness (QED) is 0.787. The lowest BCUT2D eigenvalue weighted by Crippen LogP contribution is -2.21. The number of carbonyl (C=O) groups is 1. The van der Waals surface area contributed by atoms with Gasteiger partial charge in [0.2, 0.25) is 0 Å². The van der Waals surface area contributed by atoms with Crippen molar-refractivity contribution in [2.45, 2.75) is 0 Å². The van der Waals surface area contributed by atoms with Gasteiger partial charge in [-0.2, -0.15) is 0 Å². The largest absolute Gasteiger partial charge is 0.544 e. The van der Waals surface area contributed by atoms with Crippen LogP contribution in [0.4, 0.5) is 0 Å². The summed E-state index contributed by atoms with van der Waals surface area (Å²) in [4.78, 5) is 10.5. The standard InChI is InChI=1S/C5H2Br2O2S/c6-2-1-3(7)10-4(2)5(8)9/h1H,(H,8,9)/p-1. The van der Waals surface area contributed by atoms with E-state index in [9.17, 15) is 9.90 Å². The number of thiophene rings is 1. The number of carboxylic acid groups (broad SMARTS) is 1. The Balaban J connectivity index is 3.15. The van der Waals surface area contributed by atoms with Gasteiger partial charge >= 0.3 is 0 Å². The van der Waals surface area contributed by atoms with E-state index >= 15 is 0 Å². The zero-order chi connectivity index (χ0) is 7.72. The molecule has 0 aliphatic rings. The summed E-state index contributed by atoms with van der Waals surface area (Å²) < 4.78 is 1.34. The highest BCUT2D eigenvalue weighted by Gasteiger charge is 2.04. The lowest BCUT2D eigenvalue weighted by Gasteiger charge is -1.95. The molecule has 1 aromatic heterocycles. The molecule has 0 unspecified atom stereocenters. The van der Waals surface area contributed by atoms with Gasteiger partial charge in [-0.15, -0.1) is 11.3 Å². The molecule has 1 aromatic rings. The summed E-state index contributed by atoms with van der Waals surface area (Å²) in [6.07, 6.45) is 0. The van der Waals surface area contributed by atoms with Gasteiger partial charge in [0.1, 0.15) is 0 Å². The number of carbonyl (C=O) groups excluding carboxylic acids is 1. The summed E-state index contributed by atoms with van der Waals surface area (Å²) in [7, 11) is 0. The predicted octanol–water partition coefficient (Wildman–Crippen LogP) is 1.64. The number of hydrogen-bond acceptors (Lipinski definition) is 3. The number of hydrogen-bond donors (Lipinski definition) is 0. The van der Waals surface area contributed by atoms with Crippen LogP contribution in [0, 0.1) is 0 Å². The van der Waals surface area contributed by atoms with E-state index in [-0.39, 0.29) is 4.88 Å². The van der Waals surface area contributed by atoms with Crippen LogP contribution in [-0.4, -0.2) is 5.97 Å². The minimum atomic E-state index is -1.15. The van der Waals surface area contributed by atoms with Gasteiger partial charge in [0, 0.05) is 4.47 Å². The smallest absolute Gasteiger partial charge is 0.0827 e. The molecule has 0 aromatic carbocycles. The minimum absolute atomic E-state index is 0.215. The highest BCUT2D eigenvalue weighted by atomic mass is 79.9. The van der Waals surface area contributed by atoms with E-state index in [1.807, 2.05) is 0 Å². The topological polar surface area (TPSA) is 40.1 Å². The van der Waals surface area contributed by atoms with Gasteiger partial charge in [-0.25, -0.2) is 0 Å². The molecule has 1 heterocycles. The second kappa shape index (κ2) is 3.02. The van der Waals surface area contributed by atoms with E-state index in [2.05, 4.69) is 31.9 Å². The first-order valence-corrected chi connectivity index (χ1v) is 4.67. The first-order chi connectivity index (χ1) is 4.61. The van der Waals surface area contributed by atoms with E-state index in [1.165, 1.54) is 0 Å². The van der Waals surface area contributed by atoms with Crippen LogP contribution in [0.15, 0.2) is 14.3 Å². The van der Waals surface area contributed by atoms with Crippen molar-refractivity contribution in [3.8, 4) is 0 Å². The SMILES string of the molecule is O=C([O-])c1sc(Br)cc1Br. The minimum Gasteiger partial charge on any atom is -0.544 e. The summed E-state index contributed by atoms with van der Waals surface area (Å²) in [6.45, 7) is 0. The molecule has 0 aliphatic carbocycles. The molecule has 0 spiro atoms. The molecular formula is C5HBr2O2S-. The first-order valence-electron chi connectivity index (χ1n) is 2.27. The van der Waals surface area contributed by atoms with Gasteiger partial charge in [0.25, 0.3) is 0 Å². The van der Waals surface area contributed by atoms with E-state index < -0.39 is 5.97 Å². The molecule has 0 fully saturated rings. The van der Waals surface area contributed by atoms with Crippen molar-refractivity contribution in [3.05, 3.63) is 19.2 Å². The summed E-state index contributed by atoms with van der Waals surface area (Å²) in [5.41, 5.74) is 0. The lowest BCUT2D eigenvalue weighted by atomic mass is 10.5. The molecule has 0 bridgehead atoms. The maximum Gasteiger partial charge on any atom is 0.0827 e. The van der Waals surface area contributed by atoms with Crippen molar-refractivity contribution < 1.29 is 9.90 Å². The normalized spacial score (nSPS) is 9.80. The molecule has 10 heavy (non-hydrogen) atoms. The second-order valence-electron chi connectivity index (χ2n) is 1.52. The Morgan fingerprint density at radius 1 is 1.60 bits per heavy atom. The van der Waals surface area contributed by atoms with Crippen molar-refractivity contribution in [3.63, 3.8) is 0 Å². The monoisotopic (exact) mass is 283 g/mol. The average molecular weight is 285 g/mol. The Morgan fingerprint density at radius 2 is 2.20 bits per heavy atom. The fourth-order valence-corrected chi connectivity index (χ4v) is 2.90. The maximum absolute atomic E-state index is 10.3. The number of halogens is 2. The van der Waals surface area contributed by atoms with Crippen LogP contribution in [0.1, 0.15) is 9.67 Å². The third kappa shape index (κ3) is 1.59. The fourth-order valence-electron chi connectivity index (χ4n) is 0.480. The van der Waals surface area contributed by atoms with Crippen molar-refractivity contribution in [1.29, 1.82) is 0 Å². The van der Waals surface area contributed by atoms with E-state index in [4.69, 9.17) is 0 Å². The van der Waals surface area contributed by atoms with Crippen LogP contribution in [0.25, 0.3) is 0 Å². The molecule has 1 rings (SSSR count). The molecule has 0 saturated carbocycles. The zero-order valence-corrected chi connectivity index (χ0v) is 8.55. The molecule has 54 valence electrons. The van der Waals surface area contributed by atoms with Gasteiger partial charge in [-0.1, -0.05) is 0 Å². The fraction of sp³-hybridized carbons (Fsp3) is 0. The average Bonchev–Trinajstić information content (AvgIpc) is 2.10. The second-order valence-corrected chi connectivity index (χ2v) is 4.80. The third-order valence-electron chi connectivity index (χ3n) is 0.842. The van der Waals surface area contributed by atoms with E-state index in [1.54, 1.807) is 6.07 Å². The molecule has 0 N–H and O–H groups in total. The summed E-state index contributed by atoms with van der Waals surface area (Å²) in [5, 5.41) is 10.3. The Hall–Kier alpha value is 0.130. The van der Waals surface area contributed by atoms with Gasteiger partial charge < -0.3 is 9.90 Å². The molecular weight excluding hydrogens is 284 g/mol. The highest BCUT2D eigenvalue weighted by Crippen LogP contribution is 2.30. The Bertz CT molecular complexity index is 269. The highest BCUT2D eigenvalue weighted by molar-refractivity contribution is 9.11. The molecule has 5 heteroatoms. The van der Waals surface area contributed by atoms with Gasteiger partial charge in [0.15, 0.2) is 0 Å². The molecule has 0 atom stereocenters. The van der Waals surface area contributed by atoms with Crippen LogP contribution < -0.4 is 5.11 Å². The van der Waals surface area contributed by atoms with E-state index in [0.29, 0.717) is 4.47 Å². The van der Waals surface area contributed by atoms with Crippen LogP contribution in [0.2, 0.25) is 0 Å². The van der Waals surface area contributed by atoms with Crippen molar-refractivity contribution in [2.24, 2.45) is 0 Å². The summed E-state index contributed by atoms with van der Waals surface area (Å²) in [5.74, 6) is -1.15. The Morgan fingerprint density at radius 3 is 2.40 bits per heavy atom. The van der Waals surface area contributed by atoms with Gasteiger partial charge in [0.05, 0.1) is 14.6 Å². The van der Waals surface area contributed by atoms with Gasteiger partial charge in [-0.05, 0) is 37.9 Å². The molecule has 0 aliphatic heterocycles. The van der Waals surface area contributed by atoms with Crippen LogP contribution in [-0.2, 0) is 0 Å². The summed E-state index contributed by atoms with van der Waals surface area (Å²) in [6, 6.07) is 1.68. The van der Waals surface area contributed by atoms with Crippen molar-refractivity contribution in [2.75, 3.05) is 0 Å². The van der Waals surface area contributed by atoms with Gasteiger partial charge in [-0.3, -0.25) is 0 Å². The molecule has 0 saturated heterocycles. The van der Waals surface area contributed by atoms with Crippen LogP contribution in [0.5, 0.6) is 0 Å².